The van der Waals surface area contributed by atoms with Gasteiger partial charge in [-0.1, -0.05) is 0 Å². The lowest BCUT2D eigenvalue weighted by atomic mass is 10.1. The van der Waals surface area contributed by atoms with E-state index in [1.165, 1.54) is 5.69 Å². The van der Waals surface area contributed by atoms with Crippen LogP contribution in [0.15, 0.2) is 18.2 Å². The smallest absolute Gasteiger partial charge is 0.150 e. The van der Waals surface area contributed by atoms with E-state index in [9.17, 15) is 4.79 Å². The van der Waals surface area contributed by atoms with E-state index in [2.05, 4.69) is 35.8 Å². The van der Waals surface area contributed by atoms with Crippen LogP contribution in [0.1, 0.15) is 29.8 Å². The number of nitrogens with zero attached hydrogens (tertiary/aromatic N) is 2. The van der Waals surface area contributed by atoms with E-state index < -0.39 is 0 Å². The first-order valence-corrected chi connectivity index (χ1v) is 6.66. The lowest BCUT2D eigenvalue weighted by molar-refractivity contribution is 0.112. The quantitative estimate of drug-likeness (QED) is 0.765. The second kappa shape index (κ2) is 5.53. The molecule has 1 saturated heterocycles. The summed E-state index contributed by atoms with van der Waals surface area (Å²) in [5.41, 5.74) is 3.09. The molecule has 1 heterocycles. The third kappa shape index (κ3) is 2.72. The summed E-state index contributed by atoms with van der Waals surface area (Å²) in [6.45, 7) is 10.9. The number of anilines is 1. The van der Waals surface area contributed by atoms with Gasteiger partial charge in [-0.3, -0.25) is 9.69 Å². The number of aldehydes is 1. The van der Waals surface area contributed by atoms with Crippen molar-refractivity contribution < 1.29 is 4.79 Å². The number of hydrogen-bond donors (Lipinski definition) is 0. The van der Waals surface area contributed by atoms with Crippen molar-refractivity contribution in [2.24, 2.45) is 0 Å². The lowest BCUT2D eigenvalue weighted by Gasteiger charge is -2.38. The maximum Gasteiger partial charge on any atom is 0.150 e. The number of piperazine rings is 1. The van der Waals surface area contributed by atoms with Crippen LogP contribution in [0.3, 0.4) is 0 Å². The van der Waals surface area contributed by atoms with Crippen molar-refractivity contribution in [1.29, 1.82) is 0 Å². The molecule has 0 unspecified atom stereocenters. The Bertz CT molecular complexity index is 421. The number of carbonyl (C=O) groups is 1. The van der Waals surface area contributed by atoms with Crippen LogP contribution >= 0.6 is 0 Å². The summed E-state index contributed by atoms with van der Waals surface area (Å²) in [4.78, 5) is 15.7. The molecule has 0 N–H and O–H groups in total. The summed E-state index contributed by atoms with van der Waals surface area (Å²) < 4.78 is 0. The van der Waals surface area contributed by atoms with Gasteiger partial charge in [0.15, 0.2) is 0 Å². The van der Waals surface area contributed by atoms with Crippen LogP contribution in [0, 0.1) is 6.92 Å². The Kier molecular flexibility index (Phi) is 4.02. The van der Waals surface area contributed by atoms with Crippen LogP contribution in [0.2, 0.25) is 0 Å². The van der Waals surface area contributed by atoms with Gasteiger partial charge in [0.2, 0.25) is 0 Å². The molecule has 0 amide bonds. The minimum absolute atomic E-state index is 0.631. The Hall–Kier alpha value is -1.35. The third-order valence-electron chi connectivity index (χ3n) is 3.79. The van der Waals surface area contributed by atoms with Crippen LogP contribution in [-0.4, -0.2) is 43.4 Å². The highest BCUT2D eigenvalue weighted by Crippen LogP contribution is 2.20. The lowest BCUT2D eigenvalue weighted by Crippen LogP contribution is -2.48. The van der Waals surface area contributed by atoms with Gasteiger partial charge in [0, 0.05) is 43.5 Å². The predicted octanol–water partition coefficient (Wildman–Crippen LogP) is 2.34. The highest BCUT2D eigenvalue weighted by Gasteiger charge is 2.19. The number of aryl methyl sites for hydroxylation is 1. The van der Waals surface area contributed by atoms with Gasteiger partial charge in [0.25, 0.3) is 0 Å². The van der Waals surface area contributed by atoms with Gasteiger partial charge >= 0.3 is 0 Å². The first-order valence-electron chi connectivity index (χ1n) is 6.66. The molecular weight excluding hydrogens is 224 g/mol. The Balaban J connectivity index is 2.05. The first-order chi connectivity index (χ1) is 8.61. The minimum Gasteiger partial charge on any atom is -0.369 e. The maximum absolute atomic E-state index is 10.8. The SMILES string of the molecule is Cc1cc(N2CCN(C(C)C)CC2)ccc1C=O. The van der Waals surface area contributed by atoms with Crippen LogP contribution in [-0.2, 0) is 0 Å². The van der Waals surface area contributed by atoms with E-state index in [4.69, 9.17) is 0 Å². The van der Waals surface area contributed by atoms with Crippen molar-refractivity contribution in [2.75, 3.05) is 31.1 Å². The number of benzene rings is 1. The Morgan fingerprint density at radius 2 is 1.83 bits per heavy atom. The fraction of sp³-hybridized carbons (Fsp3) is 0.533. The summed E-state index contributed by atoms with van der Waals surface area (Å²) >= 11 is 0. The predicted molar refractivity (Wildman–Crippen MR) is 75.5 cm³/mol. The molecule has 3 heteroatoms. The fourth-order valence-corrected chi connectivity index (χ4v) is 2.49. The van der Waals surface area contributed by atoms with E-state index in [1.54, 1.807) is 0 Å². The molecule has 0 aliphatic carbocycles. The van der Waals surface area contributed by atoms with Crippen molar-refractivity contribution in [3.05, 3.63) is 29.3 Å². The fourth-order valence-electron chi connectivity index (χ4n) is 2.49. The molecule has 0 aromatic heterocycles. The molecule has 0 saturated carbocycles. The van der Waals surface area contributed by atoms with E-state index in [1.807, 2.05) is 13.0 Å². The molecule has 98 valence electrons. The van der Waals surface area contributed by atoms with E-state index in [0.717, 1.165) is 43.6 Å². The minimum atomic E-state index is 0.631. The molecule has 18 heavy (non-hydrogen) atoms. The zero-order valence-electron chi connectivity index (χ0n) is 11.5. The zero-order chi connectivity index (χ0) is 13.1. The van der Waals surface area contributed by atoms with Gasteiger partial charge in [0.1, 0.15) is 6.29 Å². The first kappa shape index (κ1) is 13.1. The van der Waals surface area contributed by atoms with Crippen LogP contribution < -0.4 is 4.90 Å². The molecule has 2 rings (SSSR count). The molecule has 0 bridgehead atoms. The summed E-state index contributed by atoms with van der Waals surface area (Å²) in [7, 11) is 0. The van der Waals surface area contributed by atoms with Gasteiger partial charge in [-0.25, -0.2) is 0 Å². The van der Waals surface area contributed by atoms with Crippen LogP contribution in [0.5, 0.6) is 0 Å². The van der Waals surface area contributed by atoms with Gasteiger partial charge in [-0.2, -0.15) is 0 Å². The number of carbonyl (C=O) groups excluding carboxylic acids is 1. The number of hydrogen-bond acceptors (Lipinski definition) is 3. The second-order valence-corrected chi connectivity index (χ2v) is 5.28. The molecule has 1 aromatic carbocycles. The Morgan fingerprint density at radius 1 is 1.17 bits per heavy atom. The third-order valence-corrected chi connectivity index (χ3v) is 3.79. The number of rotatable bonds is 3. The second-order valence-electron chi connectivity index (χ2n) is 5.28. The molecule has 0 atom stereocenters. The van der Waals surface area contributed by atoms with Crippen molar-refractivity contribution in [2.45, 2.75) is 26.8 Å². The molecule has 0 radical (unpaired) electrons. The molecule has 1 aromatic rings. The highest BCUT2D eigenvalue weighted by atomic mass is 16.1. The monoisotopic (exact) mass is 246 g/mol. The van der Waals surface area contributed by atoms with Gasteiger partial charge in [-0.15, -0.1) is 0 Å². The van der Waals surface area contributed by atoms with Crippen LogP contribution in [0.4, 0.5) is 5.69 Å². The average Bonchev–Trinajstić information content (AvgIpc) is 2.38. The largest absolute Gasteiger partial charge is 0.369 e. The van der Waals surface area contributed by atoms with Crippen molar-refractivity contribution in [3.8, 4) is 0 Å². The Labute approximate surface area is 109 Å². The molecule has 1 fully saturated rings. The van der Waals surface area contributed by atoms with Crippen molar-refractivity contribution in [1.82, 2.24) is 4.90 Å². The van der Waals surface area contributed by atoms with Crippen molar-refractivity contribution >= 4 is 12.0 Å². The Morgan fingerprint density at radius 3 is 2.33 bits per heavy atom. The standard InChI is InChI=1S/C15H22N2O/c1-12(2)16-6-8-17(9-7-16)15-5-4-14(11-18)13(3)10-15/h4-5,10-12H,6-9H2,1-3H3. The zero-order valence-corrected chi connectivity index (χ0v) is 11.5. The molecule has 0 spiro atoms. The summed E-state index contributed by atoms with van der Waals surface area (Å²) in [5, 5.41) is 0. The topological polar surface area (TPSA) is 23.6 Å². The summed E-state index contributed by atoms with van der Waals surface area (Å²) in [6, 6.07) is 6.73. The average molecular weight is 246 g/mol. The van der Waals surface area contributed by atoms with Gasteiger partial charge in [-0.05, 0) is 44.5 Å². The molecule has 1 aliphatic heterocycles. The summed E-state index contributed by atoms with van der Waals surface area (Å²) in [5.74, 6) is 0. The molecular formula is C15H22N2O. The summed E-state index contributed by atoms with van der Waals surface area (Å²) in [6.07, 6.45) is 0.926. The molecule has 3 nitrogen and oxygen atoms in total. The highest BCUT2D eigenvalue weighted by molar-refractivity contribution is 5.78. The van der Waals surface area contributed by atoms with E-state index in [0.29, 0.717) is 6.04 Å². The normalized spacial score (nSPS) is 17.2. The van der Waals surface area contributed by atoms with Gasteiger partial charge < -0.3 is 4.90 Å². The van der Waals surface area contributed by atoms with E-state index >= 15 is 0 Å². The molecule has 1 aliphatic rings. The van der Waals surface area contributed by atoms with Crippen LogP contribution in [0.25, 0.3) is 0 Å². The van der Waals surface area contributed by atoms with Crippen molar-refractivity contribution in [3.63, 3.8) is 0 Å². The maximum atomic E-state index is 10.8. The van der Waals surface area contributed by atoms with Gasteiger partial charge in [0.05, 0.1) is 0 Å². The van der Waals surface area contributed by atoms with E-state index in [-0.39, 0.29) is 0 Å².